The second-order valence-electron chi connectivity index (χ2n) is 9.49. The molecule has 1 fully saturated rings. The van der Waals surface area contributed by atoms with Gasteiger partial charge in [0.25, 0.3) is 0 Å². The summed E-state index contributed by atoms with van der Waals surface area (Å²) in [5.41, 5.74) is 1.23. The van der Waals surface area contributed by atoms with E-state index in [0.717, 1.165) is 25.0 Å². The number of benzene rings is 1. The first-order chi connectivity index (χ1) is 16.0. The monoisotopic (exact) mass is 475 g/mol. The van der Waals surface area contributed by atoms with E-state index in [9.17, 15) is 18.0 Å². The zero-order valence-corrected chi connectivity index (χ0v) is 19.4. The van der Waals surface area contributed by atoms with E-state index < -0.39 is 23.4 Å². The normalized spacial score (nSPS) is 15.5. The highest BCUT2D eigenvalue weighted by Gasteiger charge is 2.30. The van der Waals surface area contributed by atoms with Crippen molar-refractivity contribution in [3.63, 3.8) is 0 Å². The molecule has 0 spiro atoms. The molecule has 1 aromatic carbocycles. The minimum Gasteiger partial charge on any atom is -0.443 e. The third-order valence-electron chi connectivity index (χ3n) is 5.74. The van der Waals surface area contributed by atoms with Crippen LogP contribution < -0.4 is 4.90 Å². The summed E-state index contributed by atoms with van der Waals surface area (Å²) in [5, 5.41) is 4.33. The van der Waals surface area contributed by atoms with E-state index in [4.69, 9.17) is 9.47 Å². The largest absolute Gasteiger partial charge is 0.443 e. The third kappa shape index (κ3) is 5.52. The Morgan fingerprint density at radius 3 is 2.44 bits per heavy atom. The number of pyridine rings is 1. The number of carbonyl (C=O) groups excluding carboxylic acids is 1. The predicted octanol–water partition coefficient (Wildman–Crippen LogP) is 6.19. The molecule has 0 N–H and O–H groups in total. The van der Waals surface area contributed by atoms with Crippen LogP contribution in [0.2, 0.25) is 0 Å². The fourth-order valence-corrected chi connectivity index (χ4v) is 3.99. The Hall–Kier alpha value is -3.07. The van der Waals surface area contributed by atoms with E-state index in [1.165, 1.54) is 12.1 Å². The van der Waals surface area contributed by atoms with Gasteiger partial charge in [0, 0.05) is 31.5 Å². The number of fused-ring (bicyclic) bond motifs is 1. The lowest BCUT2D eigenvalue weighted by Crippen LogP contribution is -2.40. The smallest absolute Gasteiger partial charge is 0.416 e. The van der Waals surface area contributed by atoms with Crippen molar-refractivity contribution >= 4 is 17.3 Å². The van der Waals surface area contributed by atoms with Gasteiger partial charge >= 0.3 is 12.3 Å². The van der Waals surface area contributed by atoms with Crippen LogP contribution in [0.15, 0.2) is 48.8 Å². The second kappa shape index (κ2) is 9.29. The molecule has 1 aliphatic heterocycles. The van der Waals surface area contributed by atoms with Crippen LogP contribution in [0.25, 0.3) is 16.6 Å². The van der Waals surface area contributed by atoms with Crippen molar-refractivity contribution in [2.45, 2.75) is 45.4 Å². The first kappa shape index (κ1) is 24.1. The maximum absolute atomic E-state index is 13.1. The van der Waals surface area contributed by atoms with Gasteiger partial charge in [-0.25, -0.2) is 9.31 Å². The van der Waals surface area contributed by atoms with E-state index in [1.807, 2.05) is 26.8 Å². The molecule has 1 amide bonds. The van der Waals surface area contributed by atoms with E-state index in [0.29, 0.717) is 42.1 Å². The van der Waals surface area contributed by atoms with Crippen molar-refractivity contribution in [1.82, 2.24) is 9.61 Å². The fourth-order valence-electron chi connectivity index (χ4n) is 3.99. The predicted molar refractivity (Wildman–Crippen MR) is 123 cm³/mol. The van der Waals surface area contributed by atoms with Gasteiger partial charge in [-0.3, -0.25) is 4.90 Å². The summed E-state index contributed by atoms with van der Waals surface area (Å²) in [6, 6.07) is 8.59. The van der Waals surface area contributed by atoms with Gasteiger partial charge in [-0.05, 0) is 69.4 Å². The summed E-state index contributed by atoms with van der Waals surface area (Å²) >= 11 is 0. The lowest BCUT2D eigenvalue weighted by molar-refractivity contribution is -0.137. The number of carbonyl (C=O) groups is 1. The highest BCUT2D eigenvalue weighted by atomic mass is 19.4. The molecule has 3 heterocycles. The molecule has 182 valence electrons. The number of hydrogen-bond acceptors (Lipinski definition) is 4. The van der Waals surface area contributed by atoms with Gasteiger partial charge in [0.05, 0.1) is 23.0 Å². The maximum Gasteiger partial charge on any atom is 0.416 e. The first-order valence-corrected chi connectivity index (χ1v) is 11.2. The van der Waals surface area contributed by atoms with Gasteiger partial charge in [-0.2, -0.15) is 18.3 Å². The molecule has 0 aliphatic carbocycles. The number of amides is 1. The van der Waals surface area contributed by atoms with Gasteiger partial charge in [0.2, 0.25) is 0 Å². The van der Waals surface area contributed by atoms with Crippen molar-refractivity contribution in [3.8, 4) is 11.1 Å². The lowest BCUT2D eigenvalue weighted by atomic mass is 9.99. The summed E-state index contributed by atoms with van der Waals surface area (Å²) in [4.78, 5) is 14.8. The van der Waals surface area contributed by atoms with E-state index in [2.05, 4.69) is 5.10 Å². The standard InChI is InChI=1S/C25H28F3N3O3/c1-24(2,3)34-23(32)30(16-17-9-12-33-13-10-17)20-8-11-31-22(14-20)21(15-29-31)18-4-6-19(7-5-18)25(26,27)28/h4-8,11,14-15,17H,9-10,12-13,16H2,1-3H3. The number of ether oxygens (including phenoxy) is 2. The van der Waals surface area contributed by atoms with Crippen LogP contribution in [0.5, 0.6) is 0 Å². The Labute approximate surface area is 196 Å². The van der Waals surface area contributed by atoms with Gasteiger partial charge < -0.3 is 9.47 Å². The summed E-state index contributed by atoms with van der Waals surface area (Å²) < 4.78 is 51.7. The number of hydrogen-bond donors (Lipinski definition) is 0. The first-order valence-electron chi connectivity index (χ1n) is 11.2. The molecule has 2 aromatic heterocycles. The van der Waals surface area contributed by atoms with Crippen molar-refractivity contribution in [3.05, 3.63) is 54.4 Å². The number of rotatable bonds is 4. The van der Waals surface area contributed by atoms with E-state index in [1.54, 1.807) is 27.9 Å². The van der Waals surface area contributed by atoms with Crippen LogP contribution in [0.4, 0.5) is 23.7 Å². The van der Waals surface area contributed by atoms with Crippen molar-refractivity contribution in [1.29, 1.82) is 0 Å². The number of anilines is 1. The Morgan fingerprint density at radius 1 is 1.15 bits per heavy atom. The van der Waals surface area contributed by atoms with Gasteiger partial charge in [-0.1, -0.05) is 12.1 Å². The molecule has 0 radical (unpaired) electrons. The number of alkyl halides is 3. The number of nitrogens with zero attached hydrogens (tertiary/aromatic N) is 3. The average Bonchev–Trinajstić information content (AvgIpc) is 3.19. The molecule has 1 aliphatic rings. The molecule has 0 unspecified atom stereocenters. The van der Waals surface area contributed by atoms with E-state index in [-0.39, 0.29) is 5.92 Å². The molecule has 0 atom stereocenters. The van der Waals surface area contributed by atoms with Crippen LogP contribution >= 0.6 is 0 Å². The van der Waals surface area contributed by atoms with Crippen molar-refractivity contribution < 1.29 is 27.4 Å². The van der Waals surface area contributed by atoms with Crippen LogP contribution in [-0.2, 0) is 15.7 Å². The second-order valence-corrected chi connectivity index (χ2v) is 9.49. The molecule has 1 saturated heterocycles. The summed E-state index contributed by atoms with van der Waals surface area (Å²) in [6.45, 7) is 7.26. The minimum absolute atomic E-state index is 0.275. The SMILES string of the molecule is CC(C)(C)OC(=O)N(CC1CCOCC1)c1ccn2ncc(-c3ccc(C(F)(F)F)cc3)c2c1. The van der Waals surface area contributed by atoms with E-state index >= 15 is 0 Å². The maximum atomic E-state index is 13.1. The van der Waals surface area contributed by atoms with Gasteiger partial charge in [0.15, 0.2) is 0 Å². The zero-order chi connectivity index (χ0) is 24.5. The molecule has 34 heavy (non-hydrogen) atoms. The molecular formula is C25H28F3N3O3. The number of halogens is 3. The highest BCUT2D eigenvalue weighted by Crippen LogP contribution is 2.33. The molecule has 3 aromatic rings. The van der Waals surface area contributed by atoms with Crippen LogP contribution in [0.1, 0.15) is 39.2 Å². The van der Waals surface area contributed by atoms with Crippen molar-refractivity contribution in [2.75, 3.05) is 24.7 Å². The molecule has 9 heteroatoms. The Bertz CT molecular complexity index is 1140. The fraction of sp³-hybridized carbons (Fsp3) is 0.440. The van der Waals surface area contributed by atoms with Crippen LogP contribution in [-0.4, -0.2) is 41.1 Å². The lowest BCUT2D eigenvalue weighted by Gasteiger charge is -2.31. The topological polar surface area (TPSA) is 56.1 Å². The van der Waals surface area contributed by atoms with Crippen LogP contribution in [0, 0.1) is 5.92 Å². The quantitative estimate of drug-likeness (QED) is 0.452. The summed E-state index contributed by atoms with van der Waals surface area (Å²) in [6.07, 6.45) is 0.206. The summed E-state index contributed by atoms with van der Waals surface area (Å²) in [7, 11) is 0. The Morgan fingerprint density at radius 2 is 1.82 bits per heavy atom. The van der Waals surface area contributed by atoms with Gasteiger partial charge in [0.1, 0.15) is 5.60 Å². The highest BCUT2D eigenvalue weighted by molar-refractivity contribution is 5.90. The molecule has 4 rings (SSSR count). The average molecular weight is 476 g/mol. The van der Waals surface area contributed by atoms with Crippen LogP contribution in [0.3, 0.4) is 0 Å². The molecule has 6 nitrogen and oxygen atoms in total. The van der Waals surface area contributed by atoms with Gasteiger partial charge in [-0.15, -0.1) is 0 Å². The van der Waals surface area contributed by atoms with Crippen molar-refractivity contribution in [2.24, 2.45) is 5.92 Å². The molecular weight excluding hydrogens is 447 g/mol. The number of aromatic nitrogens is 2. The minimum atomic E-state index is -4.40. The zero-order valence-electron chi connectivity index (χ0n) is 19.4. The third-order valence-corrected chi connectivity index (χ3v) is 5.74. The Kier molecular flexibility index (Phi) is 6.58. The molecule has 0 bridgehead atoms. The Balaban J connectivity index is 1.69. The molecule has 0 saturated carbocycles. The summed E-state index contributed by atoms with van der Waals surface area (Å²) in [5.74, 6) is 0.275.